The molecule has 4 nitrogen and oxygen atoms in total. The molecule has 0 fully saturated rings. The Morgan fingerprint density at radius 1 is 1.14 bits per heavy atom. The Labute approximate surface area is 122 Å². The first-order valence-electron chi connectivity index (χ1n) is 6.58. The number of aliphatic hydroxyl groups excluding tert-OH is 1. The highest BCUT2D eigenvalue weighted by Crippen LogP contribution is 2.33. The highest BCUT2D eigenvalue weighted by Gasteiger charge is 2.21. The maximum Gasteiger partial charge on any atom is 0.174 e. The molecule has 0 saturated heterocycles. The van der Waals surface area contributed by atoms with Crippen molar-refractivity contribution < 1.29 is 19.0 Å². The summed E-state index contributed by atoms with van der Waals surface area (Å²) < 4.78 is 25.0. The molecule has 0 aliphatic heterocycles. The van der Waals surface area contributed by atoms with Gasteiger partial charge in [0.1, 0.15) is 12.4 Å². The molecule has 0 spiro atoms. The van der Waals surface area contributed by atoms with Gasteiger partial charge >= 0.3 is 0 Å². The van der Waals surface area contributed by atoms with Crippen LogP contribution in [0, 0.1) is 5.82 Å². The average Bonchev–Trinajstić information content (AvgIpc) is 2.53. The van der Waals surface area contributed by atoms with E-state index in [1.54, 1.807) is 6.07 Å². The zero-order valence-corrected chi connectivity index (χ0v) is 11.8. The van der Waals surface area contributed by atoms with Gasteiger partial charge in [-0.25, -0.2) is 4.39 Å². The van der Waals surface area contributed by atoms with Crippen LogP contribution < -0.4 is 15.2 Å². The van der Waals surface area contributed by atoms with Gasteiger partial charge in [0.05, 0.1) is 18.8 Å². The first kappa shape index (κ1) is 15.3. The highest BCUT2D eigenvalue weighted by molar-refractivity contribution is 5.43. The molecule has 0 saturated carbocycles. The quantitative estimate of drug-likeness (QED) is 0.858. The number of rotatable bonds is 6. The number of hydrogen-bond donors (Lipinski definition) is 2. The number of halogens is 1. The molecule has 0 amide bonds. The molecular weight excluding hydrogens is 273 g/mol. The Morgan fingerprint density at radius 3 is 2.43 bits per heavy atom. The van der Waals surface area contributed by atoms with Gasteiger partial charge in [0, 0.05) is 6.54 Å². The number of hydrogen-bond acceptors (Lipinski definition) is 4. The molecule has 2 rings (SSSR count). The van der Waals surface area contributed by atoms with Crippen LogP contribution >= 0.6 is 0 Å². The molecule has 2 aromatic carbocycles. The van der Waals surface area contributed by atoms with Crippen molar-refractivity contribution in [2.45, 2.75) is 12.7 Å². The molecule has 0 bridgehead atoms. The molecule has 3 N–H and O–H groups in total. The fraction of sp³-hybridized carbons (Fsp3) is 0.250. The van der Waals surface area contributed by atoms with Crippen molar-refractivity contribution in [2.75, 3.05) is 13.7 Å². The summed E-state index contributed by atoms with van der Waals surface area (Å²) in [5.74, 6) is -0.345. The maximum absolute atomic E-state index is 14.4. The van der Waals surface area contributed by atoms with E-state index in [1.807, 2.05) is 30.3 Å². The topological polar surface area (TPSA) is 64.7 Å². The molecule has 0 heterocycles. The second-order valence-corrected chi connectivity index (χ2v) is 4.52. The molecule has 112 valence electrons. The summed E-state index contributed by atoms with van der Waals surface area (Å²) in [6, 6.07) is 12.5. The van der Waals surface area contributed by atoms with Crippen LogP contribution in [0.4, 0.5) is 4.39 Å². The van der Waals surface area contributed by atoms with Crippen LogP contribution in [0.15, 0.2) is 42.5 Å². The summed E-state index contributed by atoms with van der Waals surface area (Å²) in [5.41, 5.74) is 6.34. The van der Waals surface area contributed by atoms with Gasteiger partial charge in [-0.15, -0.1) is 0 Å². The molecule has 1 unspecified atom stereocenters. The molecule has 0 aliphatic carbocycles. The average molecular weight is 291 g/mol. The van der Waals surface area contributed by atoms with E-state index < -0.39 is 11.9 Å². The van der Waals surface area contributed by atoms with Crippen LogP contribution in [0.25, 0.3) is 0 Å². The number of ether oxygens (including phenoxy) is 2. The van der Waals surface area contributed by atoms with Crippen LogP contribution in [-0.4, -0.2) is 18.8 Å². The first-order valence-corrected chi connectivity index (χ1v) is 6.58. The Morgan fingerprint density at radius 2 is 1.81 bits per heavy atom. The van der Waals surface area contributed by atoms with Crippen molar-refractivity contribution in [1.29, 1.82) is 0 Å². The minimum atomic E-state index is -1.14. The number of nitrogens with two attached hydrogens (primary N) is 1. The monoisotopic (exact) mass is 291 g/mol. The van der Waals surface area contributed by atoms with Crippen LogP contribution in [0.2, 0.25) is 0 Å². The van der Waals surface area contributed by atoms with Crippen molar-refractivity contribution in [3.63, 3.8) is 0 Å². The van der Waals surface area contributed by atoms with E-state index in [0.717, 1.165) is 5.56 Å². The Bertz CT molecular complexity index is 590. The third-order valence-corrected chi connectivity index (χ3v) is 3.12. The minimum absolute atomic E-state index is 0.0190. The summed E-state index contributed by atoms with van der Waals surface area (Å²) in [4.78, 5) is 0. The summed E-state index contributed by atoms with van der Waals surface area (Å²) in [6.45, 7) is 0.137. The van der Waals surface area contributed by atoms with Gasteiger partial charge in [0.15, 0.2) is 11.6 Å². The second-order valence-electron chi connectivity index (χ2n) is 4.52. The number of benzene rings is 2. The van der Waals surface area contributed by atoms with Crippen LogP contribution in [0.1, 0.15) is 17.2 Å². The highest BCUT2D eigenvalue weighted by atomic mass is 19.1. The SMILES string of the molecule is COc1ccc(OCc2ccccc2)c(F)c1C(O)CN. The van der Waals surface area contributed by atoms with E-state index in [0.29, 0.717) is 0 Å². The lowest BCUT2D eigenvalue weighted by molar-refractivity contribution is 0.174. The molecule has 1 atom stereocenters. The number of methoxy groups -OCH3 is 1. The molecule has 2 aromatic rings. The minimum Gasteiger partial charge on any atom is -0.496 e. The molecular formula is C16H18FNO3. The zero-order chi connectivity index (χ0) is 15.2. The van der Waals surface area contributed by atoms with E-state index >= 15 is 0 Å². The maximum atomic E-state index is 14.4. The molecule has 5 heteroatoms. The predicted octanol–water partition coefficient (Wildman–Crippen LogP) is 2.41. The standard InChI is InChI=1S/C16H18FNO3/c1-20-13-7-8-14(16(17)15(13)12(19)9-18)21-10-11-5-3-2-4-6-11/h2-8,12,19H,9-10,18H2,1H3. The third kappa shape index (κ3) is 3.51. The predicted molar refractivity (Wildman–Crippen MR) is 77.7 cm³/mol. The zero-order valence-electron chi connectivity index (χ0n) is 11.8. The molecule has 0 aliphatic rings. The van der Waals surface area contributed by atoms with Crippen LogP contribution in [0.3, 0.4) is 0 Å². The van der Waals surface area contributed by atoms with Gasteiger partial charge in [0.25, 0.3) is 0 Å². The summed E-state index contributed by atoms with van der Waals surface area (Å²) >= 11 is 0. The Hall–Kier alpha value is -2.11. The van der Waals surface area contributed by atoms with Crippen molar-refractivity contribution in [3.05, 3.63) is 59.4 Å². The van der Waals surface area contributed by atoms with Crippen molar-refractivity contribution in [2.24, 2.45) is 5.73 Å². The Kier molecular flexibility index (Phi) is 5.14. The van der Waals surface area contributed by atoms with Gasteiger partial charge < -0.3 is 20.3 Å². The molecule has 0 aromatic heterocycles. The van der Waals surface area contributed by atoms with Gasteiger partial charge in [-0.05, 0) is 17.7 Å². The second kappa shape index (κ2) is 7.06. The van der Waals surface area contributed by atoms with E-state index in [1.165, 1.54) is 13.2 Å². The van der Waals surface area contributed by atoms with E-state index in [2.05, 4.69) is 0 Å². The van der Waals surface area contributed by atoms with Gasteiger partial charge in [-0.3, -0.25) is 0 Å². The van der Waals surface area contributed by atoms with Crippen molar-refractivity contribution in [3.8, 4) is 11.5 Å². The van der Waals surface area contributed by atoms with E-state index in [4.69, 9.17) is 15.2 Å². The van der Waals surface area contributed by atoms with Gasteiger partial charge in [-0.1, -0.05) is 30.3 Å². The molecule has 0 radical (unpaired) electrons. The summed E-state index contributed by atoms with van der Waals surface area (Å²) in [7, 11) is 1.41. The lowest BCUT2D eigenvalue weighted by Crippen LogP contribution is -2.15. The smallest absolute Gasteiger partial charge is 0.174 e. The fourth-order valence-electron chi connectivity index (χ4n) is 2.01. The third-order valence-electron chi connectivity index (χ3n) is 3.12. The largest absolute Gasteiger partial charge is 0.496 e. The lowest BCUT2D eigenvalue weighted by Gasteiger charge is -2.17. The molecule has 21 heavy (non-hydrogen) atoms. The fourth-order valence-corrected chi connectivity index (χ4v) is 2.01. The van der Waals surface area contributed by atoms with Crippen molar-refractivity contribution in [1.82, 2.24) is 0 Å². The van der Waals surface area contributed by atoms with Gasteiger partial charge in [0.2, 0.25) is 0 Å². The summed E-state index contributed by atoms with van der Waals surface area (Å²) in [6.07, 6.45) is -1.14. The van der Waals surface area contributed by atoms with Gasteiger partial charge in [-0.2, -0.15) is 0 Å². The normalized spacial score (nSPS) is 12.0. The summed E-state index contributed by atoms with van der Waals surface area (Å²) in [5, 5.41) is 9.83. The van der Waals surface area contributed by atoms with Crippen LogP contribution in [0.5, 0.6) is 11.5 Å². The Balaban J connectivity index is 2.24. The van der Waals surface area contributed by atoms with Crippen LogP contribution in [-0.2, 0) is 6.61 Å². The van der Waals surface area contributed by atoms with E-state index in [9.17, 15) is 9.50 Å². The number of aliphatic hydroxyl groups is 1. The lowest BCUT2D eigenvalue weighted by atomic mass is 10.1. The van der Waals surface area contributed by atoms with Crippen molar-refractivity contribution >= 4 is 0 Å². The first-order chi connectivity index (χ1) is 10.2. The van der Waals surface area contributed by atoms with E-state index in [-0.39, 0.29) is 30.2 Å².